The number of pyridine rings is 2. The fraction of sp³-hybridized carbons (Fsp3) is 0.0385. The van der Waals surface area contributed by atoms with E-state index >= 15 is 0 Å². The fourth-order valence-corrected chi connectivity index (χ4v) is 3.88. The Morgan fingerprint density at radius 3 is 2.50 bits per heavy atom. The molecule has 0 fully saturated rings. The van der Waals surface area contributed by atoms with E-state index in [1.807, 2.05) is 30.3 Å². The number of hydrogen-bond acceptors (Lipinski definition) is 4. The normalized spacial score (nSPS) is 11.6. The van der Waals surface area contributed by atoms with Crippen LogP contribution in [0.4, 0.5) is 0 Å². The van der Waals surface area contributed by atoms with Crippen molar-refractivity contribution in [1.82, 2.24) is 14.0 Å². The second-order valence-corrected chi connectivity index (χ2v) is 8.01. The van der Waals surface area contributed by atoms with Crippen LogP contribution >= 0.6 is 11.6 Å². The minimum Gasteiger partial charge on any atom is -0.305 e. The maximum absolute atomic E-state index is 13.2. The summed E-state index contributed by atoms with van der Waals surface area (Å²) in [5.74, 6) is -0.535. The topological polar surface area (TPSA) is 92.5 Å². The summed E-state index contributed by atoms with van der Waals surface area (Å²) in [5.41, 5.74) is 1.92. The van der Waals surface area contributed by atoms with Crippen molar-refractivity contribution >= 4 is 34.2 Å². The number of benzene rings is 2. The molecule has 0 radical (unpaired) electrons. The van der Waals surface area contributed by atoms with Gasteiger partial charge in [0.1, 0.15) is 17.4 Å². The highest BCUT2D eigenvalue weighted by Crippen LogP contribution is 2.14. The summed E-state index contributed by atoms with van der Waals surface area (Å²) in [5, 5.41) is 10.7. The van der Waals surface area contributed by atoms with Crippen molar-refractivity contribution in [3.05, 3.63) is 123 Å². The van der Waals surface area contributed by atoms with Crippen LogP contribution < -0.4 is 11.0 Å². The monoisotopic (exact) mass is 465 g/mol. The molecule has 1 amide bonds. The second kappa shape index (κ2) is 8.77. The summed E-state index contributed by atoms with van der Waals surface area (Å²) in [4.78, 5) is 35.2. The summed E-state index contributed by atoms with van der Waals surface area (Å²) >= 11 is 5.94. The number of nitrogens with zero attached hydrogens (tertiary/aromatic N) is 5. The third-order valence-corrected chi connectivity index (χ3v) is 5.64. The molecule has 0 bridgehead atoms. The summed E-state index contributed by atoms with van der Waals surface area (Å²) in [7, 11) is 0. The van der Waals surface area contributed by atoms with Crippen LogP contribution in [0.25, 0.3) is 16.7 Å². The number of aromatic nitrogens is 3. The first-order valence-electron chi connectivity index (χ1n) is 10.4. The largest absolute Gasteiger partial charge is 0.305 e. The molecule has 0 aliphatic carbocycles. The number of nitriles is 1. The molecule has 0 atom stereocenters. The average Bonchev–Trinajstić information content (AvgIpc) is 2.86. The van der Waals surface area contributed by atoms with Gasteiger partial charge in [0.25, 0.3) is 11.5 Å². The van der Waals surface area contributed by atoms with Crippen LogP contribution in [0.2, 0.25) is 5.02 Å². The predicted octanol–water partition coefficient (Wildman–Crippen LogP) is 3.96. The van der Waals surface area contributed by atoms with Crippen molar-refractivity contribution < 1.29 is 4.79 Å². The molecule has 164 valence electrons. The van der Waals surface area contributed by atoms with Crippen LogP contribution in [-0.4, -0.2) is 19.9 Å². The number of carbonyl (C=O) groups excluding carboxylic acids is 1. The Balaban J connectivity index is 1.86. The lowest BCUT2D eigenvalue weighted by atomic mass is 10.1. The number of carbonyl (C=O) groups is 1. The Morgan fingerprint density at radius 2 is 1.76 bits per heavy atom. The van der Waals surface area contributed by atoms with Gasteiger partial charge in [-0.1, -0.05) is 48.0 Å². The van der Waals surface area contributed by atoms with Gasteiger partial charge in [0.05, 0.1) is 17.5 Å². The first-order chi connectivity index (χ1) is 16.5. The van der Waals surface area contributed by atoms with E-state index in [4.69, 9.17) is 16.6 Å². The molecule has 7 nitrogen and oxygen atoms in total. The highest BCUT2D eigenvalue weighted by Gasteiger charge is 2.16. The van der Waals surface area contributed by atoms with Crippen molar-refractivity contribution in [2.45, 2.75) is 6.54 Å². The van der Waals surface area contributed by atoms with Gasteiger partial charge in [0.15, 0.2) is 5.49 Å². The summed E-state index contributed by atoms with van der Waals surface area (Å²) in [6.07, 6.45) is 1.63. The van der Waals surface area contributed by atoms with Crippen molar-refractivity contribution in [3.8, 4) is 6.07 Å². The Bertz CT molecular complexity index is 1730. The Morgan fingerprint density at radius 1 is 1.03 bits per heavy atom. The molecule has 0 N–H and O–H groups in total. The van der Waals surface area contributed by atoms with Gasteiger partial charge in [-0.25, -0.2) is 4.98 Å². The molecule has 5 rings (SSSR count). The lowest BCUT2D eigenvalue weighted by Gasteiger charge is -2.13. The average molecular weight is 466 g/mol. The number of amides is 1. The number of fused-ring (bicyclic) bond motifs is 2. The van der Waals surface area contributed by atoms with E-state index < -0.39 is 5.91 Å². The summed E-state index contributed by atoms with van der Waals surface area (Å²) in [6, 6.07) is 24.6. The maximum Gasteiger partial charge on any atom is 0.278 e. The maximum atomic E-state index is 13.2. The standard InChI is InChI=1S/C26H16ClN5O2/c27-20-11-9-18(10-12-20)25(33)30-23-19(15-28)14-21-24(32(23)16-17-6-2-1-3-7-17)29-22-8-4-5-13-31(22)26(21)34/h1-14H,16H2. The molecule has 34 heavy (non-hydrogen) atoms. The van der Waals surface area contributed by atoms with Gasteiger partial charge < -0.3 is 4.57 Å². The fourth-order valence-electron chi connectivity index (χ4n) is 3.75. The third-order valence-electron chi connectivity index (χ3n) is 5.39. The van der Waals surface area contributed by atoms with E-state index in [0.717, 1.165) is 5.56 Å². The summed E-state index contributed by atoms with van der Waals surface area (Å²) in [6.45, 7) is 0.259. The van der Waals surface area contributed by atoms with Crippen LogP contribution in [0.1, 0.15) is 21.5 Å². The van der Waals surface area contributed by atoms with Crippen molar-refractivity contribution in [1.29, 1.82) is 5.26 Å². The van der Waals surface area contributed by atoms with Crippen LogP contribution in [0, 0.1) is 11.3 Å². The molecule has 2 aromatic carbocycles. The Kier molecular flexibility index (Phi) is 5.50. The Labute approximate surface area is 198 Å². The van der Waals surface area contributed by atoms with Gasteiger partial charge in [0, 0.05) is 16.8 Å². The van der Waals surface area contributed by atoms with Crippen molar-refractivity contribution in [2.75, 3.05) is 0 Å². The molecule has 8 heteroatoms. The molecule has 0 saturated carbocycles. The number of rotatable bonds is 3. The highest BCUT2D eigenvalue weighted by atomic mass is 35.5. The van der Waals surface area contributed by atoms with Gasteiger partial charge >= 0.3 is 0 Å². The number of hydrogen-bond donors (Lipinski definition) is 0. The second-order valence-electron chi connectivity index (χ2n) is 7.57. The van der Waals surface area contributed by atoms with Gasteiger partial charge in [-0.2, -0.15) is 10.3 Å². The lowest BCUT2D eigenvalue weighted by molar-refractivity contribution is 0.0997. The van der Waals surface area contributed by atoms with E-state index in [1.165, 1.54) is 10.5 Å². The zero-order chi connectivity index (χ0) is 23.7. The molecule has 0 unspecified atom stereocenters. The van der Waals surface area contributed by atoms with E-state index in [-0.39, 0.29) is 28.5 Å². The zero-order valence-electron chi connectivity index (χ0n) is 17.7. The van der Waals surface area contributed by atoms with Crippen molar-refractivity contribution in [3.63, 3.8) is 0 Å². The number of halogens is 1. The van der Waals surface area contributed by atoms with Crippen LogP contribution in [0.3, 0.4) is 0 Å². The van der Waals surface area contributed by atoms with Gasteiger partial charge in [-0.3, -0.25) is 14.0 Å². The van der Waals surface area contributed by atoms with E-state index in [9.17, 15) is 14.9 Å². The predicted molar refractivity (Wildman–Crippen MR) is 129 cm³/mol. The van der Waals surface area contributed by atoms with Gasteiger partial charge in [-0.15, -0.1) is 0 Å². The molecule has 0 aliphatic rings. The SMILES string of the molecule is N#Cc1cc2c(=O)n3ccccc3nc2n(Cc2ccccc2)c1=NC(=O)c1ccc(Cl)cc1. The minimum absolute atomic E-state index is 0.0977. The summed E-state index contributed by atoms with van der Waals surface area (Å²) < 4.78 is 3.07. The van der Waals surface area contributed by atoms with E-state index in [2.05, 4.69) is 11.1 Å². The first-order valence-corrected chi connectivity index (χ1v) is 10.8. The quantitative estimate of drug-likeness (QED) is 0.377. The van der Waals surface area contributed by atoms with Gasteiger partial charge in [0.2, 0.25) is 0 Å². The molecule has 5 aromatic rings. The molecule has 0 spiro atoms. The van der Waals surface area contributed by atoms with Crippen LogP contribution in [0.5, 0.6) is 0 Å². The Hall–Kier alpha value is -4.54. The first kappa shape index (κ1) is 21.3. The molecular weight excluding hydrogens is 450 g/mol. The van der Waals surface area contributed by atoms with Crippen LogP contribution in [0.15, 0.2) is 94.8 Å². The van der Waals surface area contributed by atoms with E-state index in [1.54, 1.807) is 53.2 Å². The molecule has 0 aliphatic heterocycles. The van der Waals surface area contributed by atoms with Gasteiger partial charge in [-0.05, 0) is 48.0 Å². The van der Waals surface area contributed by atoms with E-state index in [0.29, 0.717) is 21.9 Å². The molecule has 3 heterocycles. The van der Waals surface area contributed by atoms with Crippen LogP contribution in [-0.2, 0) is 6.54 Å². The smallest absolute Gasteiger partial charge is 0.278 e. The van der Waals surface area contributed by atoms with Crippen molar-refractivity contribution in [2.24, 2.45) is 4.99 Å². The molecule has 3 aromatic heterocycles. The molecule has 0 saturated heterocycles. The minimum atomic E-state index is -0.535. The molecular formula is C26H16ClN5O2. The lowest BCUT2D eigenvalue weighted by Crippen LogP contribution is -2.30. The highest BCUT2D eigenvalue weighted by molar-refractivity contribution is 6.30. The zero-order valence-corrected chi connectivity index (χ0v) is 18.5. The third kappa shape index (κ3) is 3.87.